The summed E-state index contributed by atoms with van der Waals surface area (Å²) in [4.78, 5) is 12.1. The summed E-state index contributed by atoms with van der Waals surface area (Å²) in [7, 11) is 0. The third-order valence-corrected chi connectivity index (χ3v) is 2.95. The molecule has 0 aliphatic rings. The van der Waals surface area contributed by atoms with Crippen molar-refractivity contribution in [2.45, 2.75) is 6.92 Å². The van der Waals surface area contributed by atoms with Gasteiger partial charge < -0.3 is 20.4 Å². The topological polar surface area (TPSA) is 98.0 Å². The molecule has 0 fully saturated rings. The first-order valence-electron chi connectivity index (χ1n) is 5.60. The number of phenols is 4. The van der Waals surface area contributed by atoms with E-state index in [1.54, 1.807) is 0 Å². The van der Waals surface area contributed by atoms with E-state index in [4.69, 9.17) is 0 Å². The molecule has 0 radical (unpaired) electrons. The summed E-state index contributed by atoms with van der Waals surface area (Å²) in [6.45, 7) is 1.35. The summed E-state index contributed by atoms with van der Waals surface area (Å²) in [6.07, 6.45) is 0. The fourth-order valence-corrected chi connectivity index (χ4v) is 1.70. The van der Waals surface area contributed by atoms with Gasteiger partial charge in [-0.15, -0.1) is 0 Å². The van der Waals surface area contributed by atoms with Crippen molar-refractivity contribution in [3.8, 4) is 23.0 Å². The Labute approximate surface area is 113 Å². The number of halogens is 1. The molecule has 0 saturated carbocycles. The highest BCUT2D eigenvalue weighted by Gasteiger charge is 2.20. The molecule has 2 rings (SSSR count). The number of aromatic hydroxyl groups is 4. The molecule has 0 bridgehead atoms. The lowest BCUT2D eigenvalue weighted by molar-refractivity contribution is 0.103. The third-order valence-electron chi connectivity index (χ3n) is 2.95. The molecule has 2 aromatic rings. The van der Waals surface area contributed by atoms with Gasteiger partial charge in [-0.2, -0.15) is 0 Å². The van der Waals surface area contributed by atoms with E-state index in [-0.39, 0.29) is 16.7 Å². The molecule has 20 heavy (non-hydrogen) atoms. The van der Waals surface area contributed by atoms with Crippen LogP contribution < -0.4 is 0 Å². The molecule has 2 aromatic carbocycles. The molecule has 0 saturated heterocycles. The van der Waals surface area contributed by atoms with E-state index in [0.717, 1.165) is 24.3 Å². The van der Waals surface area contributed by atoms with E-state index in [0.29, 0.717) is 0 Å². The Balaban J connectivity index is 2.55. The normalized spacial score (nSPS) is 10.5. The molecule has 0 aliphatic heterocycles. The fourth-order valence-electron chi connectivity index (χ4n) is 1.70. The van der Waals surface area contributed by atoms with Crippen molar-refractivity contribution in [2.75, 3.05) is 0 Å². The Morgan fingerprint density at radius 1 is 1.00 bits per heavy atom. The summed E-state index contributed by atoms with van der Waals surface area (Å²) in [5.74, 6) is -4.20. The fraction of sp³-hybridized carbons (Fsp3) is 0.0714. The second kappa shape index (κ2) is 4.73. The number of rotatable bonds is 2. The zero-order valence-electron chi connectivity index (χ0n) is 10.4. The van der Waals surface area contributed by atoms with Crippen LogP contribution in [-0.2, 0) is 0 Å². The smallest absolute Gasteiger partial charge is 0.201 e. The van der Waals surface area contributed by atoms with E-state index in [9.17, 15) is 29.6 Å². The zero-order chi connectivity index (χ0) is 15.0. The molecular weight excluding hydrogens is 267 g/mol. The van der Waals surface area contributed by atoms with Crippen LogP contribution in [0.3, 0.4) is 0 Å². The molecule has 6 heteroatoms. The van der Waals surface area contributed by atoms with Gasteiger partial charge in [-0.1, -0.05) is 0 Å². The van der Waals surface area contributed by atoms with Crippen LogP contribution in [0.4, 0.5) is 4.39 Å². The molecule has 0 unspecified atom stereocenters. The summed E-state index contributed by atoms with van der Waals surface area (Å²) < 4.78 is 13.5. The van der Waals surface area contributed by atoms with Crippen LogP contribution in [0.5, 0.6) is 23.0 Å². The number of phenolic OH excluding ortho intramolecular Hbond substituents is 4. The summed E-state index contributed by atoms with van der Waals surface area (Å²) in [5, 5.41) is 37.7. The highest BCUT2D eigenvalue weighted by atomic mass is 19.1. The van der Waals surface area contributed by atoms with Gasteiger partial charge in [0.25, 0.3) is 0 Å². The molecule has 0 atom stereocenters. The quantitative estimate of drug-likeness (QED) is 0.498. The zero-order valence-corrected chi connectivity index (χ0v) is 10.4. The predicted molar refractivity (Wildman–Crippen MR) is 67.7 cm³/mol. The van der Waals surface area contributed by atoms with Crippen molar-refractivity contribution >= 4 is 5.78 Å². The van der Waals surface area contributed by atoms with Crippen molar-refractivity contribution in [1.29, 1.82) is 0 Å². The van der Waals surface area contributed by atoms with Crippen LogP contribution in [-0.4, -0.2) is 26.2 Å². The van der Waals surface area contributed by atoms with Crippen LogP contribution in [0.2, 0.25) is 0 Å². The van der Waals surface area contributed by atoms with E-state index in [2.05, 4.69) is 0 Å². The third kappa shape index (κ3) is 2.11. The van der Waals surface area contributed by atoms with E-state index >= 15 is 0 Å². The highest BCUT2D eigenvalue weighted by molar-refractivity contribution is 6.11. The number of carbonyl (C=O) groups is 1. The molecule has 0 aliphatic carbocycles. The standard InChI is InChI=1S/C14H11FO5/c1-6-9(15)4-7(5-11(6)17)12(18)8-2-3-10(16)14(20)13(8)19/h2-5,16-17,19-20H,1H3. The minimum atomic E-state index is -0.840. The highest BCUT2D eigenvalue weighted by Crippen LogP contribution is 2.38. The van der Waals surface area contributed by atoms with Crippen LogP contribution in [0.1, 0.15) is 21.5 Å². The number of ketones is 1. The summed E-state index contributed by atoms with van der Waals surface area (Å²) in [6, 6.07) is 4.08. The summed E-state index contributed by atoms with van der Waals surface area (Å²) in [5.41, 5.74) is -0.506. The van der Waals surface area contributed by atoms with Crippen LogP contribution in [0.15, 0.2) is 24.3 Å². The maximum Gasteiger partial charge on any atom is 0.201 e. The maximum atomic E-state index is 13.5. The molecule has 104 valence electrons. The van der Waals surface area contributed by atoms with Gasteiger partial charge in [0.15, 0.2) is 17.3 Å². The van der Waals surface area contributed by atoms with Crippen molar-refractivity contribution in [3.05, 3.63) is 46.8 Å². The number of hydrogen-bond donors (Lipinski definition) is 4. The Morgan fingerprint density at radius 3 is 2.25 bits per heavy atom. The number of hydrogen-bond acceptors (Lipinski definition) is 5. The largest absolute Gasteiger partial charge is 0.508 e. The molecule has 0 aromatic heterocycles. The predicted octanol–water partition coefficient (Wildman–Crippen LogP) is 2.19. The average Bonchev–Trinajstić information content (AvgIpc) is 2.41. The van der Waals surface area contributed by atoms with Gasteiger partial charge in [-0.3, -0.25) is 4.79 Å². The first-order chi connectivity index (χ1) is 9.32. The van der Waals surface area contributed by atoms with Gasteiger partial charge in [0.2, 0.25) is 5.75 Å². The molecule has 0 heterocycles. The van der Waals surface area contributed by atoms with E-state index in [1.807, 2.05) is 0 Å². The van der Waals surface area contributed by atoms with Crippen LogP contribution in [0.25, 0.3) is 0 Å². The van der Waals surface area contributed by atoms with Crippen molar-refractivity contribution in [2.24, 2.45) is 0 Å². The van der Waals surface area contributed by atoms with Gasteiger partial charge in [-0.05, 0) is 31.2 Å². The Bertz CT molecular complexity index is 686. The van der Waals surface area contributed by atoms with Crippen molar-refractivity contribution in [1.82, 2.24) is 0 Å². The molecule has 0 spiro atoms. The molecule has 5 nitrogen and oxygen atoms in total. The van der Waals surface area contributed by atoms with Gasteiger partial charge in [0.05, 0.1) is 5.56 Å². The minimum absolute atomic E-state index is 0.000625. The van der Waals surface area contributed by atoms with Crippen LogP contribution >= 0.6 is 0 Å². The van der Waals surface area contributed by atoms with Crippen LogP contribution in [0, 0.1) is 12.7 Å². The maximum absolute atomic E-state index is 13.5. The SMILES string of the molecule is Cc1c(O)cc(C(=O)c2ccc(O)c(O)c2O)cc1F. The van der Waals surface area contributed by atoms with E-state index in [1.165, 1.54) is 6.92 Å². The van der Waals surface area contributed by atoms with Crippen molar-refractivity contribution in [3.63, 3.8) is 0 Å². The van der Waals surface area contributed by atoms with Gasteiger partial charge in [0.1, 0.15) is 11.6 Å². The second-order valence-corrected chi connectivity index (χ2v) is 4.26. The number of carbonyl (C=O) groups excluding carboxylic acids is 1. The first-order valence-corrected chi connectivity index (χ1v) is 5.60. The minimum Gasteiger partial charge on any atom is -0.508 e. The number of benzene rings is 2. The Kier molecular flexibility index (Phi) is 3.23. The molecule has 0 amide bonds. The lowest BCUT2D eigenvalue weighted by Crippen LogP contribution is -2.03. The average molecular weight is 278 g/mol. The summed E-state index contributed by atoms with van der Waals surface area (Å²) >= 11 is 0. The monoisotopic (exact) mass is 278 g/mol. The van der Waals surface area contributed by atoms with E-state index < -0.39 is 34.6 Å². The lowest BCUT2D eigenvalue weighted by Gasteiger charge is -2.08. The van der Waals surface area contributed by atoms with Gasteiger partial charge in [0, 0.05) is 11.1 Å². The first kappa shape index (κ1) is 13.7. The van der Waals surface area contributed by atoms with Gasteiger partial charge in [-0.25, -0.2) is 4.39 Å². The molecule has 4 N–H and O–H groups in total. The Hall–Kier alpha value is -2.76. The Morgan fingerprint density at radius 2 is 1.65 bits per heavy atom. The van der Waals surface area contributed by atoms with Gasteiger partial charge >= 0.3 is 0 Å². The second-order valence-electron chi connectivity index (χ2n) is 4.26. The van der Waals surface area contributed by atoms with Crippen molar-refractivity contribution < 1.29 is 29.6 Å². The lowest BCUT2D eigenvalue weighted by atomic mass is 10.00. The molecular formula is C14H11FO5.